The van der Waals surface area contributed by atoms with Crippen LogP contribution in [0.5, 0.6) is 11.5 Å². The van der Waals surface area contributed by atoms with Gasteiger partial charge in [0.05, 0.1) is 26.5 Å². The summed E-state index contributed by atoms with van der Waals surface area (Å²) in [5, 5.41) is 2.77. The molecule has 0 amide bonds. The summed E-state index contributed by atoms with van der Waals surface area (Å²) in [6, 6.07) is 4.57. The molecule has 0 unspecified atom stereocenters. The molecule has 0 bridgehead atoms. The number of aromatic nitrogens is 1. The van der Waals surface area contributed by atoms with Gasteiger partial charge in [-0.3, -0.25) is 0 Å². The van der Waals surface area contributed by atoms with E-state index in [-0.39, 0.29) is 17.2 Å². The van der Waals surface area contributed by atoms with Gasteiger partial charge < -0.3 is 14.2 Å². The van der Waals surface area contributed by atoms with Gasteiger partial charge in [0.2, 0.25) is 10.0 Å². The lowest BCUT2D eigenvalue weighted by atomic mass is 10.3. The van der Waals surface area contributed by atoms with Crippen LogP contribution in [0.4, 0.5) is 0 Å². The Morgan fingerprint density at radius 3 is 2.67 bits per heavy atom. The lowest BCUT2D eigenvalue weighted by Gasteiger charge is -2.11. The van der Waals surface area contributed by atoms with E-state index in [9.17, 15) is 8.42 Å². The van der Waals surface area contributed by atoms with Crippen LogP contribution >= 0.6 is 11.3 Å². The number of nitrogens with zero attached hydrogens (tertiary/aromatic N) is 1. The second kappa shape index (κ2) is 8.43. The summed E-state index contributed by atoms with van der Waals surface area (Å²) in [5.41, 5.74) is 0.830. The Morgan fingerprint density at radius 2 is 2.00 bits per heavy atom. The molecule has 1 heterocycles. The first-order valence-corrected chi connectivity index (χ1v) is 9.50. The van der Waals surface area contributed by atoms with Crippen LogP contribution in [0.25, 0.3) is 0 Å². The summed E-state index contributed by atoms with van der Waals surface area (Å²) in [7, 11) is 0.851. The third-order valence-corrected chi connectivity index (χ3v) is 5.57. The molecule has 132 valence electrons. The molecule has 0 spiro atoms. The highest BCUT2D eigenvalue weighted by atomic mass is 32.2. The van der Waals surface area contributed by atoms with Crippen molar-refractivity contribution in [1.29, 1.82) is 0 Å². The number of ether oxygens (including phenoxy) is 3. The van der Waals surface area contributed by atoms with Crippen molar-refractivity contribution in [3.05, 3.63) is 34.3 Å². The topological polar surface area (TPSA) is 86.8 Å². The van der Waals surface area contributed by atoms with Crippen molar-refractivity contribution >= 4 is 21.4 Å². The summed E-state index contributed by atoms with van der Waals surface area (Å²) < 4.78 is 42.7. The molecule has 2 aromatic rings. The summed E-state index contributed by atoms with van der Waals surface area (Å²) in [4.78, 5) is 4.44. The first-order valence-electron chi connectivity index (χ1n) is 7.14. The van der Waals surface area contributed by atoms with E-state index in [1.54, 1.807) is 13.2 Å². The minimum Gasteiger partial charge on any atom is -0.497 e. The molecule has 2 rings (SSSR count). The lowest BCUT2D eigenvalue weighted by molar-refractivity contribution is 0.184. The fraction of sp³-hybridized carbons (Fsp3) is 0.400. The molecule has 9 heteroatoms. The van der Waals surface area contributed by atoms with Crippen LogP contribution in [-0.2, 0) is 27.8 Å². The van der Waals surface area contributed by atoms with Crippen molar-refractivity contribution in [3.8, 4) is 11.5 Å². The molecule has 0 aliphatic rings. The first-order chi connectivity index (χ1) is 11.5. The van der Waals surface area contributed by atoms with Crippen LogP contribution in [0.3, 0.4) is 0 Å². The van der Waals surface area contributed by atoms with E-state index in [4.69, 9.17) is 14.2 Å². The number of benzene rings is 1. The predicted molar refractivity (Wildman–Crippen MR) is 91.3 cm³/mol. The maximum Gasteiger partial charge on any atom is 0.244 e. The Kier molecular flexibility index (Phi) is 6.55. The Labute approximate surface area is 145 Å². The van der Waals surface area contributed by atoms with Crippen molar-refractivity contribution in [3.63, 3.8) is 0 Å². The number of nitrogens with one attached hydrogen (secondary N) is 1. The van der Waals surface area contributed by atoms with Crippen LogP contribution in [0.1, 0.15) is 10.7 Å². The van der Waals surface area contributed by atoms with Gasteiger partial charge in [0.15, 0.2) is 0 Å². The summed E-state index contributed by atoms with van der Waals surface area (Å²) in [5.74, 6) is 0.761. The Balaban J connectivity index is 2.02. The molecule has 7 nitrogen and oxygen atoms in total. The molecule has 0 fully saturated rings. The van der Waals surface area contributed by atoms with Crippen LogP contribution in [0, 0.1) is 0 Å². The molecule has 1 aromatic carbocycles. The van der Waals surface area contributed by atoms with E-state index in [1.165, 1.54) is 37.7 Å². The molecule has 0 saturated carbocycles. The van der Waals surface area contributed by atoms with E-state index < -0.39 is 10.0 Å². The molecule has 1 aromatic heterocycles. The van der Waals surface area contributed by atoms with Gasteiger partial charge in [-0.1, -0.05) is 0 Å². The van der Waals surface area contributed by atoms with Crippen molar-refractivity contribution in [2.24, 2.45) is 0 Å². The van der Waals surface area contributed by atoms with Gasteiger partial charge in [0.1, 0.15) is 21.4 Å². The number of sulfonamides is 1. The largest absolute Gasteiger partial charge is 0.497 e. The number of methoxy groups -OCH3 is 3. The van der Waals surface area contributed by atoms with Gasteiger partial charge >= 0.3 is 0 Å². The van der Waals surface area contributed by atoms with Gasteiger partial charge in [0.25, 0.3) is 0 Å². The number of thiazole rings is 1. The molecule has 24 heavy (non-hydrogen) atoms. The molecule has 0 aliphatic heterocycles. The molecule has 0 aliphatic carbocycles. The second-order valence-corrected chi connectivity index (χ2v) is 7.51. The lowest BCUT2D eigenvalue weighted by Crippen LogP contribution is -2.26. The average Bonchev–Trinajstić information content (AvgIpc) is 3.01. The normalized spacial score (nSPS) is 11.5. The quantitative estimate of drug-likeness (QED) is 0.723. The first kappa shape index (κ1) is 18.7. The van der Waals surface area contributed by atoms with Crippen LogP contribution in [-0.4, -0.2) is 41.3 Å². The number of rotatable bonds is 9. The zero-order chi connectivity index (χ0) is 17.6. The van der Waals surface area contributed by atoms with Crippen LogP contribution < -0.4 is 14.2 Å². The summed E-state index contributed by atoms with van der Waals surface area (Å²) in [6.45, 7) is 0.702. The van der Waals surface area contributed by atoms with E-state index in [0.29, 0.717) is 18.8 Å². The van der Waals surface area contributed by atoms with Crippen LogP contribution in [0.2, 0.25) is 0 Å². The van der Waals surface area contributed by atoms with E-state index in [0.717, 1.165) is 10.7 Å². The molecule has 0 radical (unpaired) electrons. The Hall–Kier alpha value is -1.68. The number of hydrogen-bond acceptors (Lipinski definition) is 7. The SMILES string of the molecule is COCc1nc(CCNS(=O)(=O)c2ccc(OC)cc2OC)cs1. The van der Waals surface area contributed by atoms with Crippen molar-refractivity contribution in [2.75, 3.05) is 27.9 Å². The second-order valence-electron chi connectivity index (χ2n) is 4.83. The van der Waals surface area contributed by atoms with Crippen molar-refractivity contribution in [1.82, 2.24) is 9.71 Å². The molecule has 0 saturated heterocycles. The minimum absolute atomic E-state index is 0.0733. The zero-order valence-corrected chi connectivity index (χ0v) is 15.4. The molecule has 0 atom stereocenters. The van der Waals surface area contributed by atoms with Gasteiger partial charge in [-0.15, -0.1) is 11.3 Å². The van der Waals surface area contributed by atoms with Crippen molar-refractivity contribution in [2.45, 2.75) is 17.9 Å². The predicted octanol–water partition coefficient (Wildman–Crippen LogP) is 1.83. The van der Waals surface area contributed by atoms with Gasteiger partial charge in [-0.2, -0.15) is 0 Å². The van der Waals surface area contributed by atoms with Crippen molar-refractivity contribution < 1.29 is 22.6 Å². The highest BCUT2D eigenvalue weighted by Crippen LogP contribution is 2.28. The third-order valence-electron chi connectivity index (χ3n) is 3.20. The highest BCUT2D eigenvalue weighted by molar-refractivity contribution is 7.89. The Bertz CT molecular complexity index is 774. The highest BCUT2D eigenvalue weighted by Gasteiger charge is 2.19. The summed E-state index contributed by atoms with van der Waals surface area (Å²) in [6.07, 6.45) is 0.498. The third kappa shape index (κ3) is 4.67. The molecular weight excluding hydrogens is 352 g/mol. The molecular formula is C15H20N2O5S2. The minimum atomic E-state index is -3.68. The standard InChI is InChI=1S/C15H20N2O5S2/c1-20-9-15-17-11(10-23-15)6-7-16-24(18,19)14-5-4-12(21-2)8-13(14)22-3/h4-5,8,10,16H,6-7,9H2,1-3H3. The van der Waals surface area contributed by atoms with Crippen LogP contribution in [0.15, 0.2) is 28.5 Å². The van der Waals surface area contributed by atoms with Gasteiger partial charge in [0, 0.05) is 31.5 Å². The average molecular weight is 372 g/mol. The smallest absolute Gasteiger partial charge is 0.244 e. The molecule has 1 N–H and O–H groups in total. The maximum atomic E-state index is 12.4. The fourth-order valence-electron chi connectivity index (χ4n) is 2.04. The van der Waals surface area contributed by atoms with E-state index in [1.807, 2.05) is 5.38 Å². The van der Waals surface area contributed by atoms with E-state index in [2.05, 4.69) is 9.71 Å². The van der Waals surface area contributed by atoms with Gasteiger partial charge in [-0.05, 0) is 12.1 Å². The Morgan fingerprint density at radius 1 is 1.21 bits per heavy atom. The monoisotopic (exact) mass is 372 g/mol. The number of hydrogen-bond donors (Lipinski definition) is 1. The van der Waals surface area contributed by atoms with Gasteiger partial charge in [-0.25, -0.2) is 18.1 Å². The fourth-order valence-corrected chi connectivity index (χ4v) is 4.02. The maximum absolute atomic E-state index is 12.4. The summed E-state index contributed by atoms with van der Waals surface area (Å²) >= 11 is 1.49. The zero-order valence-electron chi connectivity index (χ0n) is 13.7. The van der Waals surface area contributed by atoms with E-state index >= 15 is 0 Å².